The first-order valence-corrected chi connectivity index (χ1v) is 9.68. The van der Waals surface area contributed by atoms with Crippen molar-refractivity contribution >= 4 is 10.0 Å². The van der Waals surface area contributed by atoms with Gasteiger partial charge in [0.2, 0.25) is 0 Å². The fraction of sp³-hybridized carbons (Fsp3) is 0.211. The van der Waals surface area contributed by atoms with E-state index in [0.717, 1.165) is 35.2 Å². The molecule has 0 spiro atoms. The molecule has 0 unspecified atom stereocenters. The molecule has 1 aliphatic rings. The number of hydrogen-bond donors (Lipinski definition) is 1. The molecule has 0 atom stereocenters. The lowest BCUT2D eigenvalue weighted by Crippen LogP contribution is -2.16. The van der Waals surface area contributed by atoms with E-state index in [1.807, 2.05) is 25.2 Å². The summed E-state index contributed by atoms with van der Waals surface area (Å²) in [6.45, 7) is 0.639. The fourth-order valence-electron chi connectivity index (χ4n) is 3.50. The van der Waals surface area contributed by atoms with Gasteiger partial charge in [0.05, 0.1) is 5.69 Å². The van der Waals surface area contributed by atoms with Gasteiger partial charge in [-0.1, -0.05) is 24.3 Å². The van der Waals surface area contributed by atoms with Crippen LogP contribution >= 0.6 is 0 Å². The average Bonchev–Trinajstić information content (AvgIpc) is 3.03. The maximum atomic E-state index is 13.2. The molecule has 0 bridgehead atoms. The Bertz CT molecular complexity index is 1020. The van der Waals surface area contributed by atoms with Gasteiger partial charge in [0.15, 0.2) is 0 Å². The van der Waals surface area contributed by atoms with Crippen molar-refractivity contribution < 1.29 is 8.42 Å². The van der Waals surface area contributed by atoms with E-state index in [1.165, 1.54) is 15.7 Å². The monoisotopic (exact) mass is 353 g/mol. The molecule has 0 amide bonds. The summed E-state index contributed by atoms with van der Waals surface area (Å²) in [4.78, 5) is 4.17. The van der Waals surface area contributed by atoms with Crippen molar-refractivity contribution in [1.29, 1.82) is 0 Å². The highest BCUT2D eigenvalue weighted by Gasteiger charge is 2.29. The number of aromatic nitrogens is 2. The van der Waals surface area contributed by atoms with Crippen LogP contribution in [-0.4, -0.2) is 24.4 Å². The van der Waals surface area contributed by atoms with Crippen molar-refractivity contribution in [2.45, 2.75) is 24.3 Å². The standard InChI is InChI=1S/C19H19N3O2S/c1-20-11-15-13-22(25(23,24)16-6-4-10-21-12-16)19-17-7-3-2-5-14(17)8-9-18(15)19/h2-7,10,12-13,20H,8-9,11H2,1H3. The molecule has 2 heterocycles. The van der Waals surface area contributed by atoms with Crippen LogP contribution < -0.4 is 5.32 Å². The van der Waals surface area contributed by atoms with Crippen molar-refractivity contribution in [2.24, 2.45) is 0 Å². The number of aryl methyl sites for hydroxylation is 1. The van der Waals surface area contributed by atoms with E-state index < -0.39 is 10.0 Å². The third-order valence-electron chi connectivity index (χ3n) is 4.64. The summed E-state index contributed by atoms with van der Waals surface area (Å²) in [6, 6.07) is 11.3. The zero-order chi connectivity index (χ0) is 17.4. The van der Waals surface area contributed by atoms with Gasteiger partial charge >= 0.3 is 0 Å². The van der Waals surface area contributed by atoms with Crippen LogP contribution in [0.3, 0.4) is 0 Å². The highest BCUT2D eigenvalue weighted by Crippen LogP contribution is 2.38. The largest absolute Gasteiger partial charge is 0.316 e. The first kappa shape index (κ1) is 16.1. The van der Waals surface area contributed by atoms with Crippen LogP contribution in [0.1, 0.15) is 16.7 Å². The Morgan fingerprint density at radius 1 is 1.16 bits per heavy atom. The Balaban J connectivity index is 1.99. The van der Waals surface area contributed by atoms with Crippen molar-refractivity contribution in [1.82, 2.24) is 14.3 Å². The Kier molecular flexibility index (Phi) is 3.94. The molecule has 25 heavy (non-hydrogen) atoms. The van der Waals surface area contributed by atoms with Crippen LogP contribution in [0.4, 0.5) is 0 Å². The summed E-state index contributed by atoms with van der Waals surface area (Å²) >= 11 is 0. The minimum atomic E-state index is -3.69. The van der Waals surface area contributed by atoms with Crippen LogP contribution in [0.5, 0.6) is 0 Å². The molecule has 0 fully saturated rings. The van der Waals surface area contributed by atoms with Crippen LogP contribution in [0.2, 0.25) is 0 Å². The smallest absolute Gasteiger partial charge is 0.269 e. The molecule has 1 aliphatic carbocycles. The van der Waals surface area contributed by atoms with Gasteiger partial charge in [0.1, 0.15) is 4.90 Å². The second kappa shape index (κ2) is 6.13. The molecular formula is C19H19N3O2S. The van der Waals surface area contributed by atoms with Crippen LogP contribution in [0.25, 0.3) is 11.3 Å². The molecular weight excluding hydrogens is 334 g/mol. The number of rotatable bonds is 4. The Hall–Kier alpha value is -2.44. The summed E-state index contributed by atoms with van der Waals surface area (Å²) < 4.78 is 27.9. The topological polar surface area (TPSA) is 64.0 Å². The van der Waals surface area contributed by atoms with E-state index in [-0.39, 0.29) is 4.90 Å². The second-order valence-electron chi connectivity index (χ2n) is 6.16. The minimum Gasteiger partial charge on any atom is -0.316 e. The SMILES string of the molecule is CNCc1cn(S(=O)(=O)c2cccnc2)c2c1CCc1ccccc1-2. The molecule has 2 aromatic heterocycles. The third-order valence-corrected chi connectivity index (χ3v) is 6.29. The zero-order valence-electron chi connectivity index (χ0n) is 13.9. The van der Waals surface area contributed by atoms with Gasteiger partial charge in [0.25, 0.3) is 10.0 Å². The number of hydrogen-bond acceptors (Lipinski definition) is 4. The predicted octanol–water partition coefficient (Wildman–Crippen LogP) is 2.61. The van der Waals surface area contributed by atoms with Gasteiger partial charge in [-0.05, 0) is 48.7 Å². The number of nitrogens with one attached hydrogen (secondary N) is 1. The van der Waals surface area contributed by atoms with Crippen LogP contribution in [0, 0.1) is 0 Å². The maximum Gasteiger partial charge on any atom is 0.269 e. The summed E-state index contributed by atoms with van der Waals surface area (Å²) in [6.07, 6.45) is 6.50. The summed E-state index contributed by atoms with van der Waals surface area (Å²) in [5.74, 6) is 0. The molecule has 3 aromatic rings. The number of benzene rings is 1. The number of nitrogens with zero attached hydrogens (tertiary/aromatic N) is 2. The van der Waals surface area contributed by atoms with E-state index in [0.29, 0.717) is 6.54 Å². The number of fused-ring (bicyclic) bond motifs is 3. The third kappa shape index (κ3) is 2.58. The van der Waals surface area contributed by atoms with E-state index in [1.54, 1.807) is 24.5 Å². The van der Waals surface area contributed by atoms with E-state index in [2.05, 4.69) is 16.4 Å². The Morgan fingerprint density at radius 3 is 2.76 bits per heavy atom. The molecule has 0 aliphatic heterocycles. The fourth-order valence-corrected chi connectivity index (χ4v) is 4.89. The van der Waals surface area contributed by atoms with E-state index in [9.17, 15) is 8.42 Å². The second-order valence-corrected chi connectivity index (χ2v) is 7.97. The van der Waals surface area contributed by atoms with Gasteiger partial charge in [-0.3, -0.25) is 4.98 Å². The van der Waals surface area contributed by atoms with E-state index >= 15 is 0 Å². The molecule has 4 rings (SSSR count). The lowest BCUT2D eigenvalue weighted by molar-refractivity contribution is 0.587. The van der Waals surface area contributed by atoms with Gasteiger partial charge < -0.3 is 5.32 Å². The zero-order valence-corrected chi connectivity index (χ0v) is 14.8. The molecule has 1 N–H and O–H groups in total. The van der Waals surface area contributed by atoms with Gasteiger partial charge in [-0.25, -0.2) is 12.4 Å². The normalized spacial score (nSPS) is 13.3. The minimum absolute atomic E-state index is 0.201. The van der Waals surface area contributed by atoms with E-state index in [4.69, 9.17) is 0 Å². The maximum absolute atomic E-state index is 13.2. The van der Waals surface area contributed by atoms with Crippen molar-refractivity contribution in [3.63, 3.8) is 0 Å². The summed E-state index contributed by atoms with van der Waals surface area (Å²) in [7, 11) is -1.82. The number of pyridine rings is 1. The molecule has 0 saturated carbocycles. The quantitative estimate of drug-likeness (QED) is 0.783. The van der Waals surface area contributed by atoms with Gasteiger partial charge in [-0.2, -0.15) is 0 Å². The molecule has 6 heteroatoms. The summed E-state index contributed by atoms with van der Waals surface area (Å²) in [5.41, 5.74) is 5.11. The molecule has 5 nitrogen and oxygen atoms in total. The molecule has 1 aromatic carbocycles. The van der Waals surface area contributed by atoms with Crippen molar-refractivity contribution in [2.75, 3.05) is 7.05 Å². The highest BCUT2D eigenvalue weighted by atomic mass is 32.2. The molecule has 0 radical (unpaired) electrons. The van der Waals surface area contributed by atoms with Crippen LogP contribution in [-0.2, 0) is 29.4 Å². The first-order valence-electron chi connectivity index (χ1n) is 8.24. The molecule has 0 saturated heterocycles. The van der Waals surface area contributed by atoms with Crippen LogP contribution in [0.15, 0.2) is 59.9 Å². The van der Waals surface area contributed by atoms with Gasteiger partial charge in [-0.15, -0.1) is 0 Å². The lowest BCUT2D eigenvalue weighted by Gasteiger charge is -2.20. The highest BCUT2D eigenvalue weighted by molar-refractivity contribution is 7.90. The van der Waals surface area contributed by atoms with Crippen molar-refractivity contribution in [3.8, 4) is 11.3 Å². The Morgan fingerprint density at radius 2 is 2.00 bits per heavy atom. The average molecular weight is 353 g/mol. The molecule has 128 valence electrons. The first-order chi connectivity index (χ1) is 12.1. The lowest BCUT2D eigenvalue weighted by atomic mass is 9.89. The van der Waals surface area contributed by atoms with Gasteiger partial charge in [0, 0.05) is 30.7 Å². The van der Waals surface area contributed by atoms with Crippen molar-refractivity contribution in [3.05, 3.63) is 71.7 Å². The summed E-state index contributed by atoms with van der Waals surface area (Å²) in [5, 5.41) is 3.14. The Labute approximate surface area is 147 Å². The predicted molar refractivity (Wildman–Crippen MR) is 96.9 cm³/mol.